The number of para-hydroxylation sites is 2. The fourth-order valence-electron chi connectivity index (χ4n) is 2.89. The van der Waals surface area contributed by atoms with Gasteiger partial charge in [0.1, 0.15) is 25.1 Å². The molecular formula is C23H33NO6. The number of likely N-dealkylation sites (N-methyl/N-ethyl adjacent to an activating group) is 1. The third-order valence-corrected chi connectivity index (χ3v) is 4.21. The molecule has 0 aromatic heterocycles. The van der Waals surface area contributed by atoms with Crippen molar-refractivity contribution in [3.05, 3.63) is 54.1 Å². The minimum atomic E-state index is -0.619. The van der Waals surface area contributed by atoms with Gasteiger partial charge in [-0.25, -0.2) is 0 Å². The highest BCUT2D eigenvalue weighted by Gasteiger charge is 2.12. The van der Waals surface area contributed by atoms with Crippen LogP contribution in [0.1, 0.15) is 12.5 Å². The monoisotopic (exact) mass is 419 g/mol. The molecule has 0 radical (unpaired) electrons. The molecule has 0 spiro atoms. The lowest BCUT2D eigenvalue weighted by Gasteiger charge is -2.21. The fourth-order valence-corrected chi connectivity index (χ4v) is 2.89. The number of aliphatic hydroxyl groups is 2. The molecule has 0 bridgehead atoms. The lowest BCUT2D eigenvalue weighted by Crippen LogP contribution is -2.32. The van der Waals surface area contributed by atoms with Gasteiger partial charge in [0, 0.05) is 13.1 Å². The Labute approximate surface area is 178 Å². The first-order chi connectivity index (χ1) is 14.6. The smallest absolute Gasteiger partial charge is 0.161 e. The van der Waals surface area contributed by atoms with Crippen molar-refractivity contribution in [1.82, 2.24) is 4.90 Å². The number of rotatable bonds is 15. The third kappa shape index (κ3) is 9.00. The molecule has 2 N–H and O–H groups in total. The van der Waals surface area contributed by atoms with Crippen LogP contribution in [0.5, 0.6) is 17.2 Å². The van der Waals surface area contributed by atoms with Crippen molar-refractivity contribution in [1.29, 1.82) is 0 Å². The van der Waals surface area contributed by atoms with E-state index in [1.165, 1.54) is 0 Å². The average Bonchev–Trinajstić information content (AvgIpc) is 2.74. The first-order valence-corrected chi connectivity index (χ1v) is 10.2. The second-order valence-corrected chi connectivity index (χ2v) is 6.87. The summed E-state index contributed by atoms with van der Waals surface area (Å²) in [5.41, 5.74) is 1.12. The van der Waals surface area contributed by atoms with Crippen LogP contribution in [0.4, 0.5) is 0 Å². The normalized spacial score (nSPS) is 12.0. The van der Waals surface area contributed by atoms with Crippen LogP contribution in [-0.4, -0.2) is 74.5 Å². The fraction of sp³-hybridized carbons (Fsp3) is 0.478. The van der Waals surface area contributed by atoms with Crippen LogP contribution in [0.2, 0.25) is 0 Å². The van der Waals surface area contributed by atoms with Crippen LogP contribution in [0.15, 0.2) is 48.5 Å². The average molecular weight is 420 g/mol. The number of hydrogen-bond donors (Lipinski definition) is 2. The van der Waals surface area contributed by atoms with Crippen molar-refractivity contribution in [2.24, 2.45) is 0 Å². The van der Waals surface area contributed by atoms with Crippen molar-refractivity contribution < 1.29 is 29.2 Å². The first-order valence-electron chi connectivity index (χ1n) is 10.2. The van der Waals surface area contributed by atoms with Crippen molar-refractivity contribution in [2.45, 2.75) is 19.6 Å². The Kier molecular flexibility index (Phi) is 11.0. The predicted octanol–water partition coefficient (Wildman–Crippen LogP) is 2.34. The molecule has 2 aromatic rings. The largest absolute Gasteiger partial charge is 0.491 e. The lowest BCUT2D eigenvalue weighted by molar-refractivity contribution is 0.0704. The molecule has 0 aliphatic heterocycles. The molecule has 7 heteroatoms. The van der Waals surface area contributed by atoms with E-state index in [9.17, 15) is 5.11 Å². The summed E-state index contributed by atoms with van der Waals surface area (Å²) in [7, 11) is 1.96. The minimum absolute atomic E-state index is 0.0175. The predicted molar refractivity (Wildman–Crippen MR) is 115 cm³/mol. The van der Waals surface area contributed by atoms with E-state index in [1.807, 2.05) is 67.4 Å². The van der Waals surface area contributed by atoms with Crippen molar-refractivity contribution in [2.75, 3.05) is 53.2 Å². The molecule has 0 aliphatic carbocycles. The molecular weight excluding hydrogens is 386 g/mol. The lowest BCUT2D eigenvalue weighted by atomic mass is 10.2. The number of ether oxygens (including phenoxy) is 4. The maximum atomic E-state index is 10.3. The van der Waals surface area contributed by atoms with Crippen LogP contribution in [0.3, 0.4) is 0 Å². The van der Waals surface area contributed by atoms with Gasteiger partial charge in [-0.05, 0) is 43.8 Å². The molecule has 0 saturated carbocycles. The zero-order chi connectivity index (χ0) is 21.6. The topological polar surface area (TPSA) is 80.6 Å². The summed E-state index contributed by atoms with van der Waals surface area (Å²) in [5, 5.41) is 19.0. The molecule has 0 fully saturated rings. The Morgan fingerprint density at radius 1 is 0.900 bits per heavy atom. The van der Waals surface area contributed by atoms with Gasteiger partial charge >= 0.3 is 0 Å². The molecule has 0 heterocycles. The van der Waals surface area contributed by atoms with Gasteiger partial charge < -0.3 is 29.2 Å². The zero-order valence-corrected chi connectivity index (χ0v) is 17.8. The molecule has 2 rings (SSSR count). The first kappa shape index (κ1) is 24.0. The van der Waals surface area contributed by atoms with Gasteiger partial charge in [-0.2, -0.15) is 0 Å². The van der Waals surface area contributed by atoms with Crippen molar-refractivity contribution >= 4 is 0 Å². The molecule has 0 aliphatic rings. The van der Waals surface area contributed by atoms with E-state index in [4.69, 9.17) is 24.1 Å². The van der Waals surface area contributed by atoms with Gasteiger partial charge in [0.25, 0.3) is 0 Å². The standard InChI is InChI=1S/C23H33NO6/c1-3-28-22-6-4-5-7-23(22)30-18-20(26)17-24(2)16-19-8-10-21(11-9-19)29-15-14-27-13-12-25/h4-11,20,25-26H,3,12-18H2,1-2H3. The van der Waals surface area contributed by atoms with E-state index >= 15 is 0 Å². The summed E-state index contributed by atoms with van der Waals surface area (Å²) < 4.78 is 22.0. The maximum Gasteiger partial charge on any atom is 0.161 e. The van der Waals surface area contributed by atoms with Gasteiger partial charge in [-0.15, -0.1) is 0 Å². The van der Waals surface area contributed by atoms with E-state index in [2.05, 4.69) is 0 Å². The Morgan fingerprint density at radius 2 is 1.60 bits per heavy atom. The van der Waals surface area contributed by atoms with E-state index in [0.29, 0.717) is 51.0 Å². The molecule has 2 aromatic carbocycles. The van der Waals surface area contributed by atoms with Crippen molar-refractivity contribution in [3.8, 4) is 17.2 Å². The zero-order valence-electron chi connectivity index (χ0n) is 17.8. The highest BCUT2D eigenvalue weighted by molar-refractivity contribution is 5.39. The summed E-state index contributed by atoms with van der Waals surface area (Å²) in [6, 6.07) is 15.3. The second kappa shape index (κ2) is 13.8. The Bertz CT molecular complexity index is 709. The quantitative estimate of drug-likeness (QED) is 0.429. The molecule has 0 amide bonds. The molecule has 30 heavy (non-hydrogen) atoms. The van der Waals surface area contributed by atoms with E-state index < -0.39 is 6.10 Å². The van der Waals surface area contributed by atoms with Crippen LogP contribution < -0.4 is 14.2 Å². The summed E-state index contributed by atoms with van der Waals surface area (Å²) in [6.07, 6.45) is -0.619. The maximum absolute atomic E-state index is 10.3. The van der Waals surface area contributed by atoms with E-state index in [0.717, 1.165) is 11.3 Å². The summed E-state index contributed by atoms with van der Waals surface area (Å²) >= 11 is 0. The van der Waals surface area contributed by atoms with Gasteiger partial charge in [0.05, 0.1) is 26.4 Å². The Morgan fingerprint density at radius 3 is 2.27 bits per heavy atom. The molecule has 166 valence electrons. The number of hydrogen-bond acceptors (Lipinski definition) is 7. The van der Waals surface area contributed by atoms with Gasteiger partial charge in [0.15, 0.2) is 11.5 Å². The van der Waals surface area contributed by atoms with Gasteiger partial charge in [-0.1, -0.05) is 24.3 Å². The highest BCUT2D eigenvalue weighted by Crippen LogP contribution is 2.26. The SMILES string of the molecule is CCOc1ccccc1OCC(O)CN(C)Cc1ccc(OCCOCCO)cc1. The molecule has 1 unspecified atom stereocenters. The Balaban J connectivity index is 1.71. The van der Waals surface area contributed by atoms with Gasteiger partial charge in [-0.3, -0.25) is 4.90 Å². The van der Waals surface area contributed by atoms with Gasteiger partial charge in [0.2, 0.25) is 0 Å². The summed E-state index contributed by atoms with van der Waals surface area (Å²) in [4.78, 5) is 2.04. The minimum Gasteiger partial charge on any atom is -0.491 e. The molecule has 1 atom stereocenters. The number of benzene rings is 2. The molecule has 7 nitrogen and oxygen atoms in total. The van der Waals surface area contributed by atoms with E-state index in [1.54, 1.807) is 0 Å². The highest BCUT2D eigenvalue weighted by atomic mass is 16.5. The summed E-state index contributed by atoms with van der Waals surface area (Å²) in [5.74, 6) is 2.09. The van der Waals surface area contributed by atoms with Crippen LogP contribution in [0.25, 0.3) is 0 Å². The van der Waals surface area contributed by atoms with Crippen LogP contribution in [0, 0.1) is 0 Å². The Hall–Kier alpha value is -2.32. The third-order valence-electron chi connectivity index (χ3n) is 4.21. The molecule has 0 saturated heterocycles. The van der Waals surface area contributed by atoms with E-state index in [-0.39, 0.29) is 13.2 Å². The van der Waals surface area contributed by atoms with Crippen LogP contribution in [-0.2, 0) is 11.3 Å². The number of aliphatic hydroxyl groups excluding tert-OH is 2. The summed E-state index contributed by atoms with van der Waals surface area (Å²) in [6.45, 7) is 5.09. The second-order valence-electron chi connectivity index (χ2n) is 6.87. The number of nitrogens with zero attached hydrogens (tertiary/aromatic N) is 1. The van der Waals surface area contributed by atoms with Crippen LogP contribution >= 0.6 is 0 Å². The van der Waals surface area contributed by atoms with Crippen molar-refractivity contribution in [3.63, 3.8) is 0 Å².